The van der Waals surface area contributed by atoms with Crippen LogP contribution in [0.25, 0.3) is 0 Å². The molecule has 2 heteroatoms. The summed E-state index contributed by atoms with van der Waals surface area (Å²) in [5, 5.41) is 3.60. The van der Waals surface area contributed by atoms with Crippen LogP contribution >= 0.6 is 11.3 Å². The molecule has 1 nitrogen and oxygen atoms in total. The third-order valence-corrected chi connectivity index (χ3v) is 4.25. The molecule has 1 aliphatic rings. The van der Waals surface area contributed by atoms with Crippen molar-refractivity contribution in [2.24, 2.45) is 5.92 Å². The highest BCUT2D eigenvalue weighted by Crippen LogP contribution is 2.23. The highest BCUT2D eigenvalue weighted by atomic mass is 32.1. The molecule has 0 amide bonds. The maximum atomic E-state index is 3.60. The Morgan fingerprint density at radius 3 is 2.73 bits per heavy atom. The Bertz CT molecular complexity index is 286. The van der Waals surface area contributed by atoms with Crippen LogP contribution in [-0.4, -0.2) is 6.54 Å². The minimum absolute atomic E-state index is 0.944. The summed E-state index contributed by atoms with van der Waals surface area (Å²) in [7, 11) is 0. The first kappa shape index (κ1) is 11.2. The van der Waals surface area contributed by atoms with Crippen LogP contribution < -0.4 is 5.32 Å². The zero-order valence-corrected chi connectivity index (χ0v) is 10.4. The van der Waals surface area contributed by atoms with Crippen LogP contribution in [0.5, 0.6) is 0 Å². The maximum absolute atomic E-state index is 3.60. The van der Waals surface area contributed by atoms with Gasteiger partial charge in [0.05, 0.1) is 0 Å². The molecule has 0 bridgehead atoms. The summed E-state index contributed by atoms with van der Waals surface area (Å²) in [5.41, 5.74) is 0. The van der Waals surface area contributed by atoms with E-state index in [2.05, 4.69) is 24.4 Å². The highest BCUT2D eigenvalue weighted by molar-refractivity contribution is 7.11. The van der Waals surface area contributed by atoms with Crippen molar-refractivity contribution in [2.45, 2.75) is 45.6 Å². The van der Waals surface area contributed by atoms with Gasteiger partial charge in [-0.05, 0) is 44.4 Å². The predicted octanol–water partition coefficient (Wildman–Crippen LogP) is 3.73. The van der Waals surface area contributed by atoms with Gasteiger partial charge in [-0.1, -0.05) is 19.3 Å². The van der Waals surface area contributed by atoms with Crippen LogP contribution in [0.15, 0.2) is 12.1 Å². The largest absolute Gasteiger partial charge is 0.312 e. The van der Waals surface area contributed by atoms with E-state index in [1.54, 1.807) is 0 Å². The average Bonchev–Trinajstić information content (AvgIpc) is 2.66. The second-order valence-corrected chi connectivity index (χ2v) is 6.02. The van der Waals surface area contributed by atoms with E-state index >= 15 is 0 Å². The van der Waals surface area contributed by atoms with Gasteiger partial charge in [0.2, 0.25) is 0 Å². The third-order valence-electron chi connectivity index (χ3n) is 3.25. The first-order chi connectivity index (χ1) is 7.34. The van der Waals surface area contributed by atoms with Gasteiger partial charge in [0.15, 0.2) is 0 Å². The van der Waals surface area contributed by atoms with Crippen molar-refractivity contribution < 1.29 is 0 Å². The average molecular weight is 223 g/mol. The van der Waals surface area contributed by atoms with Crippen molar-refractivity contribution in [3.63, 3.8) is 0 Å². The Kier molecular flexibility index (Phi) is 4.21. The lowest BCUT2D eigenvalue weighted by Gasteiger charge is -2.21. The van der Waals surface area contributed by atoms with E-state index < -0.39 is 0 Å². The second-order valence-electron chi connectivity index (χ2n) is 4.65. The van der Waals surface area contributed by atoms with Crippen molar-refractivity contribution in [1.82, 2.24) is 5.32 Å². The number of rotatable bonds is 4. The smallest absolute Gasteiger partial charge is 0.0299 e. The van der Waals surface area contributed by atoms with Gasteiger partial charge in [0.25, 0.3) is 0 Å². The van der Waals surface area contributed by atoms with Crippen LogP contribution in [0.4, 0.5) is 0 Å². The van der Waals surface area contributed by atoms with Gasteiger partial charge in [-0.15, -0.1) is 11.3 Å². The molecule has 0 aliphatic heterocycles. The third kappa shape index (κ3) is 3.62. The molecule has 15 heavy (non-hydrogen) atoms. The molecule has 0 spiro atoms. The molecule has 0 saturated heterocycles. The molecule has 1 aromatic rings. The predicted molar refractivity (Wildman–Crippen MR) is 67.3 cm³/mol. The summed E-state index contributed by atoms with van der Waals surface area (Å²) < 4.78 is 0. The summed E-state index contributed by atoms with van der Waals surface area (Å²) in [4.78, 5) is 2.90. The Labute approximate surface area is 96.9 Å². The minimum Gasteiger partial charge on any atom is -0.312 e. The SMILES string of the molecule is Cc1ccc(CNCC2CCCCC2)s1. The molecule has 0 atom stereocenters. The van der Waals surface area contributed by atoms with Gasteiger partial charge in [0, 0.05) is 16.3 Å². The van der Waals surface area contributed by atoms with Gasteiger partial charge < -0.3 is 5.32 Å². The highest BCUT2D eigenvalue weighted by Gasteiger charge is 2.12. The van der Waals surface area contributed by atoms with E-state index in [1.807, 2.05) is 11.3 Å². The van der Waals surface area contributed by atoms with Crippen molar-refractivity contribution in [2.75, 3.05) is 6.54 Å². The summed E-state index contributed by atoms with van der Waals surface area (Å²) in [6.45, 7) is 4.46. The maximum Gasteiger partial charge on any atom is 0.0299 e. The molecule has 1 saturated carbocycles. The van der Waals surface area contributed by atoms with Gasteiger partial charge in [-0.2, -0.15) is 0 Å². The van der Waals surface area contributed by atoms with Crippen LogP contribution in [0.1, 0.15) is 41.9 Å². The first-order valence-corrected chi connectivity index (χ1v) is 6.92. The van der Waals surface area contributed by atoms with E-state index in [0.29, 0.717) is 0 Å². The lowest BCUT2D eigenvalue weighted by atomic mass is 9.89. The Morgan fingerprint density at radius 2 is 2.07 bits per heavy atom. The van der Waals surface area contributed by atoms with Crippen molar-refractivity contribution in [3.05, 3.63) is 21.9 Å². The van der Waals surface area contributed by atoms with Crippen LogP contribution in [0.3, 0.4) is 0 Å². The fourth-order valence-electron chi connectivity index (χ4n) is 2.37. The molecule has 1 aromatic heterocycles. The molecule has 84 valence electrons. The second kappa shape index (κ2) is 5.66. The fourth-order valence-corrected chi connectivity index (χ4v) is 3.23. The molecular formula is C13H21NS. The molecule has 1 N–H and O–H groups in total. The molecule has 0 radical (unpaired) electrons. The van der Waals surface area contributed by atoms with Crippen molar-refractivity contribution >= 4 is 11.3 Å². The van der Waals surface area contributed by atoms with Gasteiger partial charge in [-0.3, -0.25) is 0 Å². The summed E-state index contributed by atoms with van der Waals surface area (Å²) in [6.07, 6.45) is 7.24. The van der Waals surface area contributed by atoms with E-state index in [4.69, 9.17) is 0 Å². The summed E-state index contributed by atoms with van der Waals surface area (Å²) in [5.74, 6) is 0.944. The quantitative estimate of drug-likeness (QED) is 0.820. The zero-order valence-electron chi connectivity index (χ0n) is 9.59. The van der Waals surface area contributed by atoms with Crippen LogP contribution in [-0.2, 0) is 6.54 Å². The van der Waals surface area contributed by atoms with Crippen LogP contribution in [0, 0.1) is 12.8 Å². The molecule has 1 aliphatic carbocycles. The van der Waals surface area contributed by atoms with Crippen LogP contribution in [0.2, 0.25) is 0 Å². The first-order valence-electron chi connectivity index (χ1n) is 6.10. The van der Waals surface area contributed by atoms with Gasteiger partial charge in [0.1, 0.15) is 0 Å². The molecule has 2 rings (SSSR count). The zero-order chi connectivity index (χ0) is 10.5. The minimum atomic E-state index is 0.944. The van der Waals surface area contributed by atoms with E-state index in [0.717, 1.165) is 12.5 Å². The van der Waals surface area contributed by atoms with E-state index in [-0.39, 0.29) is 0 Å². The lowest BCUT2D eigenvalue weighted by Crippen LogP contribution is -2.23. The number of nitrogens with one attached hydrogen (secondary N) is 1. The van der Waals surface area contributed by atoms with Gasteiger partial charge in [-0.25, -0.2) is 0 Å². The Morgan fingerprint density at radius 1 is 1.27 bits per heavy atom. The Hall–Kier alpha value is -0.340. The van der Waals surface area contributed by atoms with Crippen molar-refractivity contribution in [3.8, 4) is 0 Å². The van der Waals surface area contributed by atoms with Crippen molar-refractivity contribution in [1.29, 1.82) is 0 Å². The molecule has 1 heterocycles. The van der Waals surface area contributed by atoms with Gasteiger partial charge >= 0.3 is 0 Å². The number of thiophene rings is 1. The number of hydrogen-bond donors (Lipinski definition) is 1. The standard InChI is InChI=1S/C13H21NS/c1-11-7-8-13(15-11)10-14-9-12-5-3-2-4-6-12/h7-8,12,14H,2-6,9-10H2,1H3. The molecular weight excluding hydrogens is 202 g/mol. The molecule has 0 unspecified atom stereocenters. The number of aryl methyl sites for hydroxylation is 1. The normalized spacial score (nSPS) is 18.2. The fraction of sp³-hybridized carbons (Fsp3) is 0.692. The lowest BCUT2D eigenvalue weighted by molar-refractivity contribution is 0.342. The molecule has 1 fully saturated rings. The monoisotopic (exact) mass is 223 g/mol. The topological polar surface area (TPSA) is 12.0 Å². The number of hydrogen-bond acceptors (Lipinski definition) is 2. The Balaban J connectivity index is 1.65. The summed E-state index contributed by atoms with van der Waals surface area (Å²) in [6, 6.07) is 4.45. The molecule has 0 aromatic carbocycles. The van der Waals surface area contributed by atoms with E-state index in [1.165, 1.54) is 48.4 Å². The summed E-state index contributed by atoms with van der Waals surface area (Å²) >= 11 is 1.91. The van der Waals surface area contributed by atoms with E-state index in [9.17, 15) is 0 Å².